The van der Waals surface area contributed by atoms with Crippen LogP contribution in [-0.2, 0) is 6.54 Å². The summed E-state index contributed by atoms with van der Waals surface area (Å²) in [4.78, 5) is 3.98. The van der Waals surface area contributed by atoms with Crippen molar-refractivity contribution >= 4 is 22.5 Å². The molecule has 8 heteroatoms. The van der Waals surface area contributed by atoms with Gasteiger partial charge in [-0.25, -0.2) is 4.98 Å². The Balaban J connectivity index is 1.84. The molecule has 0 unspecified atom stereocenters. The SMILES string of the molecule is Cc1cc(Cn2cc3c(Cl)nccc3n2)ccc1OC(F)(F)F. The zero-order valence-electron chi connectivity index (χ0n) is 11.9. The number of benzene rings is 1. The number of rotatable bonds is 3. The second kappa shape index (κ2) is 5.73. The molecule has 0 fully saturated rings. The number of aryl methyl sites for hydroxylation is 1. The van der Waals surface area contributed by atoms with Crippen molar-refractivity contribution in [3.8, 4) is 5.75 Å². The maximum absolute atomic E-state index is 12.3. The molecule has 0 saturated heterocycles. The average molecular weight is 342 g/mol. The van der Waals surface area contributed by atoms with Crippen molar-refractivity contribution in [3.05, 3.63) is 52.9 Å². The lowest BCUT2D eigenvalue weighted by atomic mass is 10.1. The summed E-state index contributed by atoms with van der Waals surface area (Å²) < 4.78 is 42.4. The molecule has 0 radical (unpaired) electrons. The Hall–Kier alpha value is -2.28. The van der Waals surface area contributed by atoms with Gasteiger partial charge in [-0.15, -0.1) is 13.2 Å². The molecular weight excluding hydrogens is 331 g/mol. The van der Waals surface area contributed by atoms with Gasteiger partial charge in [0, 0.05) is 12.4 Å². The highest BCUT2D eigenvalue weighted by Crippen LogP contribution is 2.27. The normalized spacial score (nSPS) is 11.9. The van der Waals surface area contributed by atoms with E-state index in [1.54, 1.807) is 42.2 Å². The molecule has 0 aliphatic heterocycles. The van der Waals surface area contributed by atoms with E-state index in [1.807, 2.05) is 0 Å². The first-order valence-corrected chi connectivity index (χ1v) is 7.02. The molecule has 0 aliphatic rings. The number of pyridine rings is 1. The predicted octanol–water partition coefficient (Wildman–Crippen LogP) is 4.34. The summed E-state index contributed by atoms with van der Waals surface area (Å²) in [5.41, 5.74) is 1.91. The second-order valence-electron chi connectivity index (χ2n) is 5.01. The van der Waals surface area contributed by atoms with Gasteiger partial charge in [0.15, 0.2) is 0 Å². The maximum atomic E-state index is 12.3. The summed E-state index contributed by atoms with van der Waals surface area (Å²) in [5, 5.41) is 5.45. The molecule has 0 atom stereocenters. The quantitative estimate of drug-likeness (QED) is 0.665. The van der Waals surface area contributed by atoms with E-state index >= 15 is 0 Å². The molecule has 0 saturated carbocycles. The number of nitrogens with zero attached hydrogens (tertiary/aromatic N) is 3. The van der Waals surface area contributed by atoms with Crippen LogP contribution in [0.1, 0.15) is 11.1 Å². The number of alkyl halides is 3. The lowest BCUT2D eigenvalue weighted by Crippen LogP contribution is -2.17. The fraction of sp³-hybridized carbons (Fsp3) is 0.200. The minimum absolute atomic E-state index is 0.209. The van der Waals surface area contributed by atoms with E-state index in [0.29, 0.717) is 22.8 Å². The molecule has 0 N–H and O–H groups in total. The molecular formula is C15H11ClF3N3O. The fourth-order valence-electron chi connectivity index (χ4n) is 2.28. The van der Waals surface area contributed by atoms with E-state index in [2.05, 4.69) is 14.8 Å². The van der Waals surface area contributed by atoms with E-state index in [9.17, 15) is 13.2 Å². The fourth-order valence-corrected chi connectivity index (χ4v) is 2.48. The average Bonchev–Trinajstić information content (AvgIpc) is 2.85. The monoisotopic (exact) mass is 341 g/mol. The molecule has 2 aromatic heterocycles. The first-order chi connectivity index (χ1) is 10.8. The van der Waals surface area contributed by atoms with Gasteiger partial charge in [0.25, 0.3) is 0 Å². The van der Waals surface area contributed by atoms with Crippen molar-refractivity contribution in [2.75, 3.05) is 0 Å². The minimum Gasteiger partial charge on any atom is -0.406 e. The van der Waals surface area contributed by atoms with Crippen molar-refractivity contribution in [3.63, 3.8) is 0 Å². The number of halogens is 4. The van der Waals surface area contributed by atoms with Crippen molar-refractivity contribution in [2.45, 2.75) is 19.8 Å². The topological polar surface area (TPSA) is 39.9 Å². The Morgan fingerprint density at radius 3 is 2.70 bits per heavy atom. The lowest BCUT2D eigenvalue weighted by molar-refractivity contribution is -0.274. The molecule has 3 rings (SSSR count). The number of hydrogen-bond acceptors (Lipinski definition) is 3. The van der Waals surface area contributed by atoms with Gasteiger partial charge < -0.3 is 4.74 Å². The third-order valence-corrected chi connectivity index (χ3v) is 3.54. The van der Waals surface area contributed by atoms with Crippen LogP contribution in [0.3, 0.4) is 0 Å². The van der Waals surface area contributed by atoms with E-state index < -0.39 is 6.36 Å². The van der Waals surface area contributed by atoms with Gasteiger partial charge in [-0.05, 0) is 30.2 Å². The van der Waals surface area contributed by atoms with E-state index in [1.165, 1.54) is 6.07 Å². The van der Waals surface area contributed by atoms with E-state index in [4.69, 9.17) is 11.6 Å². The third kappa shape index (κ3) is 3.56. The zero-order valence-corrected chi connectivity index (χ0v) is 12.7. The van der Waals surface area contributed by atoms with Crippen molar-refractivity contribution < 1.29 is 17.9 Å². The van der Waals surface area contributed by atoms with E-state index in [-0.39, 0.29) is 5.75 Å². The minimum atomic E-state index is -4.70. The molecule has 1 aromatic carbocycles. The first-order valence-electron chi connectivity index (χ1n) is 6.65. The largest absolute Gasteiger partial charge is 0.573 e. The highest BCUT2D eigenvalue weighted by atomic mass is 35.5. The summed E-state index contributed by atoms with van der Waals surface area (Å²) in [6.07, 6.45) is -1.38. The summed E-state index contributed by atoms with van der Waals surface area (Å²) in [6.45, 7) is 1.96. The Bertz CT molecular complexity index is 861. The van der Waals surface area contributed by atoms with Crippen molar-refractivity contribution in [1.82, 2.24) is 14.8 Å². The smallest absolute Gasteiger partial charge is 0.406 e. The van der Waals surface area contributed by atoms with Crippen LogP contribution in [0.2, 0.25) is 5.15 Å². The van der Waals surface area contributed by atoms with Crippen LogP contribution in [0, 0.1) is 6.92 Å². The van der Waals surface area contributed by atoms with Gasteiger partial charge in [0.2, 0.25) is 0 Å². The lowest BCUT2D eigenvalue weighted by Gasteiger charge is -2.12. The summed E-state index contributed by atoms with van der Waals surface area (Å²) >= 11 is 5.99. The standard InChI is InChI=1S/C15H11ClF3N3O/c1-9-6-10(2-3-13(9)23-15(17,18)19)7-22-8-11-12(21-22)4-5-20-14(11)16/h2-6,8H,7H2,1H3. The molecule has 0 bridgehead atoms. The molecule has 120 valence electrons. The van der Waals surface area contributed by atoms with Crippen molar-refractivity contribution in [1.29, 1.82) is 0 Å². The maximum Gasteiger partial charge on any atom is 0.573 e. The number of fused-ring (bicyclic) bond motifs is 1. The number of hydrogen-bond donors (Lipinski definition) is 0. The summed E-state index contributed by atoms with van der Waals surface area (Å²) in [7, 11) is 0. The van der Waals surface area contributed by atoms with Crippen LogP contribution in [0.5, 0.6) is 5.75 Å². The first kappa shape index (κ1) is 15.6. The van der Waals surface area contributed by atoms with Gasteiger partial charge in [-0.1, -0.05) is 23.7 Å². The molecule has 4 nitrogen and oxygen atoms in total. The Morgan fingerprint density at radius 1 is 1.26 bits per heavy atom. The highest BCUT2D eigenvalue weighted by Gasteiger charge is 2.31. The van der Waals surface area contributed by atoms with Crippen LogP contribution in [0.25, 0.3) is 10.9 Å². The Labute approximate surface area is 134 Å². The molecule has 0 spiro atoms. The van der Waals surface area contributed by atoms with Gasteiger partial charge in [0.1, 0.15) is 10.9 Å². The number of aromatic nitrogens is 3. The zero-order chi connectivity index (χ0) is 16.6. The van der Waals surface area contributed by atoms with E-state index in [0.717, 1.165) is 10.9 Å². The Morgan fingerprint density at radius 2 is 2.04 bits per heavy atom. The molecule has 0 aliphatic carbocycles. The summed E-state index contributed by atoms with van der Waals surface area (Å²) in [5.74, 6) is -0.209. The summed E-state index contributed by atoms with van der Waals surface area (Å²) in [6, 6.07) is 6.24. The van der Waals surface area contributed by atoms with Crippen LogP contribution in [0.4, 0.5) is 13.2 Å². The van der Waals surface area contributed by atoms with Gasteiger partial charge in [-0.2, -0.15) is 5.10 Å². The second-order valence-corrected chi connectivity index (χ2v) is 5.37. The molecule has 0 amide bonds. The van der Waals surface area contributed by atoms with Gasteiger partial charge in [0.05, 0.1) is 17.4 Å². The predicted molar refractivity (Wildman–Crippen MR) is 79.5 cm³/mol. The van der Waals surface area contributed by atoms with Crippen LogP contribution in [0.15, 0.2) is 36.7 Å². The van der Waals surface area contributed by atoms with Crippen LogP contribution < -0.4 is 4.74 Å². The molecule has 23 heavy (non-hydrogen) atoms. The van der Waals surface area contributed by atoms with Crippen molar-refractivity contribution in [2.24, 2.45) is 0 Å². The van der Waals surface area contributed by atoms with Crippen LogP contribution >= 0.6 is 11.6 Å². The van der Waals surface area contributed by atoms with Gasteiger partial charge in [-0.3, -0.25) is 4.68 Å². The molecule has 3 aromatic rings. The van der Waals surface area contributed by atoms with Crippen LogP contribution in [-0.4, -0.2) is 21.1 Å². The van der Waals surface area contributed by atoms with Gasteiger partial charge >= 0.3 is 6.36 Å². The Kier molecular flexibility index (Phi) is 3.89. The third-order valence-electron chi connectivity index (χ3n) is 3.24. The molecule has 2 heterocycles. The highest BCUT2D eigenvalue weighted by molar-refractivity contribution is 6.34. The number of ether oxygens (including phenoxy) is 1.